The second kappa shape index (κ2) is 6.35. The van der Waals surface area contributed by atoms with E-state index in [0.717, 1.165) is 23.1 Å². The summed E-state index contributed by atoms with van der Waals surface area (Å²) in [7, 11) is 0. The fourth-order valence-corrected chi connectivity index (χ4v) is 3.77. The van der Waals surface area contributed by atoms with Crippen LogP contribution in [0.5, 0.6) is 0 Å². The lowest BCUT2D eigenvalue weighted by Crippen LogP contribution is -2.29. The number of esters is 1. The maximum absolute atomic E-state index is 12.0. The van der Waals surface area contributed by atoms with Gasteiger partial charge in [0.1, 0.15) is 31.5 Å². The van der Waals surface area contributed by atoms with E-state index in [9.17, 15) is 9.59 Å². The number of epoxide rings is 1. The zero-order valence-corrected chi connectivity index (χ0v) is 14.6. The summed E-state index contributed by atoms with van der Waals surface area (Å²) in [6, 6.07) is 0. The molecule has 3 aliphatic rings. The Labute approximate surface area is 150 Å². The molecule has 4 rings (SSSR count). The molecule has 1 aromatic heterocycles. The first-order valence-corrected chi connectivity index (χ1v) is 8.75. The van der Waals surface area contributed by atoms with Crippen molar-refractivity contribution in [3.8, 4) is 0 Å². The maximum atomic E-state index is 12.0. The molecule has 8 heteroatoms. The molecule has 0 radical (unpaired) electrons. The van der Waals surface area contributed by atoms with Crippen LogP contribution in [0.1, 0.15) is 32.6 Å². The molecule has 2 aliphatic heterocycles. The lowest BCUT2D eigenvalue weighted by molar-refractivity contribution is -0.140. The number of carbonyl (C=O) groups is 2. The Balaban J connectivity index is 1.45. The third-order valence-corrected chi connectivity index (χ3v) is 5.43. The lowest BCUT2D eigenvalue weighted by Gasteiger charge is -2.20. The molecule has 0 bridgehead atoms. The molecule has 0 saturated carbocycles. The van der Waals surface area contributed by atoms with E-state index in [2.05, 4.69) is 22.7 Å². The van der Waals surface area contributed by atoms with Crippen molar-refractivity contribution in [3.05, 3.63) is 36.5 Å². The van der Waals surface area contributed by atoms with Crippen LogP contribution in [0.25, 0.3) is 0 Å². The van der Waals surface area contributed by atoms with E-state index in [0.29, 0.717) is 18.4 Å². The number of nitrogens with zero attached hydrogens (tertiary/aromatic N) is 3. The molecular formula is C18H21N3O5. The van der Waals surface area contributed by atoms with Crippen LogP contribution >= 0.6 is 0 Å². The van der Waals surface area contributed by atoms with E-state index in [1.807, 2.05) is 6.92 Å². The Bertz CT molecular complexity index is 772. The zero-order chi connectivity index (χ0) is 18.3. The molecule has 1 aromatic rings. The second-order valence-electron chi connectivity index (χ2n) is 7.19. The van der Waals surface area contributed by atoms with E-state index >= 15 is 0 Å². The highest BCUT2D eigenvalue weighted by Crippen LogP contribution is 2.49. The topological polar surface area (TPSA) is 95.8 Å². The summed E-state index contributed by atoms with van der Waals surface area (Å²) < 4.78 is 17.8. The molecular weight excluding hydrogens is 338 g/mol. The van der Waals surface area contributed by atoms with E-state index < -0.39 is 6.09 Å². The van der Waals surface area contributed by atoms with Gasteiger partial charge in [0.25, 0.3) is 0 Å². The number of carbonyl (C=O) groups excluding carboxylic acids is 2. The molecule has 0 amide bonds. The predicted octanol–water partition coefficient (Wildman–Crippen LogP) is 2.02. The monoisotopic (exact) mass is 359 g/mol. The van der Waals surface area contributed by atoms with Crippen molar-refractivity contribution in [3.63, 3.8) is 0 Å². The van der Waals surface area contributed by atoms with Crippen LogP contribution in [0, 0.1) is 5.92 Å². The molecule has 2 fully saturated rings. The van der Waals surface area contributed by atoms with Gasteiger partial charge in [-0.1, -0.05) is 12.7 Å². The number of aromatic nitrogens is 3. The van der Waals surface area contributed by atoms with Crippen LogP contribution in [0.2, 0.25) is 0 Å². The fourth-order valence-electron chi connectivity index (χ4n) is 3.77. The van der Waals surface area contributed by atoms with Gasteiger partial charge in [0, 0.05) is 11.5 Å². The largest absolute Gasteiger partial charge is 0.455 e. The SMILES string of the molecule is C=C1C(=O)O[C@H]2[C@H]1CCC(COC(=O)n1cncn1)=CCC[C@@]1(C)O[C@@H]21. The van der Waals surface area contributed by atoms with Crippen molar-refractivity contribution >= 4 is 12.1 Å². The van der Waals surface area contributed by atoms with Crippen LogP contribution in [0.4, 0.5) is 4.79 Å². The molecule has 0 N–H and O–H groups in total. The molecule has 0 aromatic carbocycles. The molecule has 0 spiro atoms. The van der Waals surface area contributed by atoms with E-state index in [1.165, 1.54) is 12.7 Å². The number of fused-ring (bicyclic) bond motifs is 3. The molecule has 2 saturated heterocycles. The number of rotatable bonds is 2. The highest BCUT2D eigenvalue weighted by atomic mass is 16.6. The summed E-state index contributed by atoms with van der Waals surface area (Å²) in [5.74, 6) is -0.401. The summed E-state index contributed by atoms with van der Waals surface area (Å²) in [5.41, 5.74) is 1.24. The van der Waals surface area contributed by atoms with Crippen LogP contribution in [-0.2, 0) is 19.0 Å². The number of ether oxygens (including phenoxy) is 3. The third-order valence-electron chi connectivity index (χ3n) is 5.43. The van der Waals surface area contributed by atoms with Crippen molar-refractivity contribution in [1.29, 1.82) is 0 Å². The second-order valence-corrected chi connectivity index (χ2v) is 7.19. The predicted molar refractivity (Wildman–Crippen MR) is 89.1 cm³/mol. The summed E-state index contributed by atoms with van der Waals surface area (Å²) in [6.45, 7) is 6.13. The van der Waals surface area contributed by atoms with Crippen LogP contribution in [0.3, 0.4) is 0 Å². The minimum atomic E-state index is -0.570. The molecule has 26 heavy (non-hydrogen) atoms. The maximum Gasteiger partial charge on any atom is 0.436 e. The van der Waals surface area contributed by atoms with Crippen LogP contribution in [-0.4, -0.2) is 51.2 Å². The van der Waals surface area contributed by atoms with Gasteiger partial charge in [-0.15, -0.1) is 5.10 Å². The van der Waals surface area contributed by atoms with Crippen LogP contribution < -0.4 is 0 Å². The molecule has 138 valence electrons. The van der Waals surface area contributed by atoms with Gasteiger partial charge in [0.2, 0.25) is 0 Å². The van der Waals surface area contributed by atoms with Gasteiger partial charge in [0.15, 0.2) is 0 Å². The Morgan fingerprint density at radius 2 is 2.38 bits per heavy atom. The Hall–Kier alpha value is -2.48. The number of hydrogen-bond acceptors (Lipinski definition) is 7. The van der Waals surface area contributed by atoms with Crippen molar-refractivity contribution < 1.29 is 23.8 Å². The third kappa shape index (κ3) is 3.05. The van der Waals surface area contributed by atoms with Crippen molar-refractivity contribution in [2.75, 3.05) is 6.61 Å². The van der Waals surface area contributed by atoms with Gasteiger partial charge in [-0.05, 0) is 38.2 Å². The average Bonchev–Trinajstić information content (AvgIpc) is 2.98. The van der Waals surface area contributed by atoms with Gasteiger partial charge in [-0.25, -0.2) is 14.6 Å². The lowest BCUT2D eigenvalue weighted by atomic mass is 9.84. The molecule has 4 atom stereocenters. The van der Waals surface area contributed by atoms with Gasteiger partial charge in [0.05, 0.1) is 5.60 Å². The Kier molecular flexibility index (Phi) is 4.14. The summed E-state index contributed by atoms with van der Waals surface area (Å²) in [6.07, 6.45) is 6.82. The van der Waals surface area contributed by atoms with Gasteiger partial charge in [-0.2, -0.15) is 4.68 Å². The van der Waals surface area contributed by atoms with E-state index in [-0.39, 0.29) is 36.3 Å². The van der Waals surface area contributed by atoms with Crippen molar-refractivity contribution in [2.45, 2.75) is 50.4 Å². The van der Waals surface area contributed by atoms with Crippen molar-refractivity contribution in [1.82, 2.24) is 14.8 Å². The minimum Gasteiger partial charge on any atom is -0.455 e. The molecule has 8 nitrogen and oxygen atoms in total. The fraction of sp³-hybridized carbons (Fsp3) is 0.556. The highest BCUT2D eigenvalue weighted by molar-refractivity contribution is 5.91. The van der Waals surface area contributed by atoms with Crippen LogP contribution in [0.15, 0.2) is 36.5 Å². The smallest absolute Gasteiger partial charge is 0.436 e. The first kappa shape index (κ1) is 17.0. The normalized spacial score (nSPS) is 33.6. The standard InChI is InChI=1S/C18H21N3O5/c1-11-13-6-5-12(8-24-17(23)21-10-19-9-20-21)4-3-7-18(2)15(26-18)14(13)25-16(11)22/h4,9-10,13-15H,1,3,5-8H2,2H3/t13-,14-,15-,18+/m0/s1. The number of allylic oxidation sites excluding steroid dienone is 1. The minimum absolute atomic E-state index is 0.0595. The summed E-state index contributed by atoms with van der Waals surface area (Å²) >= 11 is 0. The summed E-state index contributed by atoms with van der Waals surface area (Å²) in [4.78, 5) is 27.6. The van der Waals surface area contributed by atoms with Gasteiger partial charge >= 0.3 is 12.1 Å². The molecule has 3 heterocycles. The van der Waals surface area contributed by atoms with E-state index in [1.54, 1.807) is 0 Å². The zero-order valence-electron chi connectivity index (χ0n) is 14.6. The number of hydrogen-bond donors (Lipinski definition) is 0. The van der Waals surface area contributed by atoms with Gasteiger partial charge < -0.3 is 14.2 Å². The van der Waals surface area contributed by atoms with Crippen molar-refractivity contribution in [2.24, 2.45) is 5.92 Å². The summed E-state index contributed by atoms with van der Waals surface area (Å²) in [5, 5.41) is 3.76. The first-order chi connectivity index (χ1) is 12.5. The highest BCUT2D eigenvalue weighted by Gasteiger charge is 2.61. The Morgan fingerprint density at radius 3 is 3.15 bits per heavy atom. The van der Waals surface area contributed by atoms with Gasteiger partial charge in [-0.3, -0.25) is 0 Å². The quantitative estimate of drug-likeness (QED) is 0.345. The average molecular weight is 359 g/mol. The van der Waals surface area contributed by atoms with E-state index in [4.69, 9.17) is 14.2 Å². The molecule has 0 unspecified atom stereocenters. The Morgan fingerprint density at radius 1 is 1.54 bits per heavy atom. The molecule has 1 aliphatic carbocycles. The first-order valence-electron chi connectivity index (χ1n) is 8.75.